The van der Waals surface area contributed by atoms with Crippen LogP contribution in [-0.4, -0.2) is 0 Å². The van der Waals surface area contributed by atoms with Crippen LogP contribution < -0.4 is 4.90 Å². The fraction of sp³-hybridized carbons (Fsp3) is 0.0294. The molecule has 69 heavy (non-hydrogen) atoms. The van der Waals surface area contributed by atoms with Gasteiger partial charge in [0, 0.05) is 16.8 Å². The zero-order valence-electron chi connectivity index (χ0n) is 38.1. The van der Waals surface area contributed by atoms with E-state index in [0.29, 0.717) is 0 Å². The highest BCUT2D eigenvalue weighted by molar-refractivity contribution is 6.02. The standard InChI is InChI=1S/C68H47N/c1-6-22-48(23-7-1)49-40-42-50(43-41-49)51-44-46-56(47-45-51)69(63-38-20-36-61-65(63)57-32-16-18-34-59(57)67(61,52-24-8-2-9-25-52)53-26-10-3-11-27-53)64-39-21-37-62-66(64)58-33-17-19-35-60(58)68(62,54-28-12-4-13-29-54)55-30-14-5-15-31-55/h1-47H. The summed E-state index contributed by atoms with van der Waals surface area (Å²) in [5.74, 6) is 0. The van der Waals surface area contributed by atoms with Crippen molar-refractivity contribution in [2.24, 2.45) is 0 Å². The third-order valence-electron chi connectivity index (χ3n) is 14.9. The average molecular weight is 878 g/mol. The van der Waals surface area contributed by atoms with Crippen molar-refractivity contribution < 1.29 is 0 Å². The van der Waals surface area contributed by atoms with Crippen molar-refractivity contribution in [3.63, 3.8) is 0 Å². The number of nitrogens with zero attached hydrogens (tertiary/aromatic N) is 1. The lowest BCUT2D eigenvalue weighted by atomic mass is 9.67. The first kappa shape index (κ1) is 40.5. The van der Waals surface area contributed by atoms with Gasteiger partial charge < -0.3 is 4.90 Å². The molecule has 0 saturated heterocycles. The SMILES string of the molecule is c1ccc(-c2ccc(-c3ccc(N(c4cccc5c4-c4ccccc4C5(c4ccccc4)c4ccccc4)c4cccc5c4-c4ccccc4C5(c4ccccc4)c4ccccc4)cc3)cc2)cc1. The Morgan fingerprint density at radius 1 is 0.217 bits per heavy atom. The molecule has 0 unspecified atom stereocenters. The first-order chi connectivity index (χ1) is 34.3. The van der Waals surface area contributed by atoms with Crippen LogP contribution in [0, 0.1) is 0 Å². The number of benzene rings is 11. The lowest BCUT2D eigenvalue weighted by molar-refractivity contribution is 0.768. The van der Waals surface area contributed by atoms with E-state index in [-0.39, 0.29) is 0 Å². The Morgan fingerprint density at radius 3 is 0.884 bits per heavy atom. The van der Waals surface area contributed by atoms with Gasteiger partial charge in [-0.3, -0.25) is 0 Å². The second kappa shape index (κ2) is 16.5. The summed E-state index contributed by atoms with van der Waals surface area (Å²) in [7, 11) is 0. The number of fused-ring (bicyclic) bond motifs is 6. The van der Waals surface area contributed by atoms with Gasteiger partial charge in [-0.2, -0.15) is 0 Å². The summed E-state index contributed by atoms with van der Waals surface area (Å²) in [6, 6.07) is 105. The number of anilines is 3. The van der Waals surface area contributed by atoms with E-state index in [2.05, 4.69) is 290 Å². The Kier molecular flexibility index (Phi) is 9.70. The molecule has 0 saturated carbocycles. The number of hydrogen-bond acceptors (Lipinski definition) is 1. The highest BCUT2D eigenvalue weighted by atomic mass is 15.1. The van der Waals surface area contributed by atoms with Crippen molar-refractivity contribution in [3.8, 4) is 44.5 Å². The van der Waals surface area contributed by atoms with Gasteiger partial charge in [0.05, 0.1) is 22.2 Å². The molecule has 0 amide bonds. The largest absolute Gasteiger partial charge is 0.309 e. The van der Waals surface area contributed by atoms with Gasteiger partial charge in [0.2, 0.25) is 0 Å². The van der Waals surface area contributed by atoms with Gasteiger partial charge in [0.25, 0.3) is 0 Å². The maximum absolute atomic E-state index is 2.56. The van der Waals surface area contributed by atoms with E-state index in [1.165, 1.54) is 89.0 Å². The first-order valence-electron chi connectivity index (χ1n) is 24.0. The molecule has 1 nitrogen and oxygen atoms in total. The Labute approximate surface area is 404 Å². The van der Waals surface area contributed by atoms with Crippen LogP contribution in [-0.2, 0) is 10.8 Å². The summed E-state index contributed by atoms with van der Waals surface area (Å²) < 4.78 is 0. The molecule has 324 valence electrons. The van der Waals surface area contributed by atoms with E-state index in [1.54, 1.807) is 0 Å². The zero-order valence-corrected chi connectivity index (χ0v) is 38.1. The summed E-state index contributed by atoms with van der Waals surface area (Å²) >= 11 is 0. The first-order valence-corrected chi connectivity index (χ1v) is 24.0. The summed E-state index contributed by atoms with van der Waals surface area (Å²) in [5, 5.41) is 0. The van der Waals surface area contributed by atoms with E-state index < -0.39 is 10.8 Å². The van der Waals surface area contributed by atoms with Crippen LogP contribution in [0.1, 0.15) is 44.5 Å². The van der Waals surface area contributed by atoms with E-state index in [0.717, 1.165) is 17.1 Å². The maximum atomic E-state index is 2.56. The monoisotopic (exact) mass is 877 g/mol. The van der Waals surface area contributed by atoms with Gasteiger partial charge in [-0.15, -0.1) is 0 Å². The molecule has 0 atom stereocenters. The summed E-state index contributed by atoms with van der Waals surface area (Å²) in [6.45, 7) is 0. The summed E-state index contributed by atoms with van der Waals surface area (Å²) in [6.07, 6.45) is 0. The third kappa shape index (κ3) is 6.17. The van der Waals surface area contributed by atoms with Crippen LogP contribution in [0.2, 0.25) is 0 Å². The van der Waals surface area contributed by atoms with Gasteiger partial charge in [-0.1, -0.05) is 261 Å². The minimum Gasteiger partial charge on any atom is -0.309 e. The molecule has 13 rings (SSSR count). The average Bonchev–Trinajstić information content (AvgIpc) is 3.92. The van der Waals surface area contributed by atoms with Gasteiger partial charge in [-0.05, 0) is 102 Å². The quantitative estimate of drug-likeness (QED) is 0.140. The Morgan fingerprint density at radius 2 is 0.507 bits per heavy atom. The molecule has 2 aliphatic carbocycles. The Hall–Kier alpha value is -8.78. The molecule has 2 aliphatic rings. The van der Waals surface area contributed by atoms with Crippen molar-refractivity contribution >= 4 is 17.1 Å². The Bertz CT molecular complexity index is 3360. The summed E-state index contributed by atoms with van der Waals surface area (Å²) in [4.78, 5) is 2.56. The van der Waals surface area contributed by atoms with E-state index >= 15 is 0 Å². The second-order valence-corrected chi connectivity index (χ2v) is 18.3. The molecule has 0 bridgehead atoms. The molecule has 0 aliphatic heterocycles. The molecular weight excluding hydrogens is 831 g/mol. The molecular formula is C68H47N. The van der Waals surface area contributed by atoms with Crippen LogP contribution in [0.5, 0.6) is 0 Å². The van der Waals surface area contributed by atoms with Crippen LogP contribution in [0.3, 0.4) is 0 Å². The second-order valence-electron chi connectivity index (χ2n) is 18.3. The number of hydrogen-bond donors (Lipinski definition) is 0. The lowest BCUT2D eigenvalue weighted by Gasteiger charge is -2.35. The molecule has 0 spiro atoms. The van der Waals surface area contributed by atoms with Crippen molar-refractivity contribution in [3.05, 3.63) is 330 Å². The highest BCUT2D eigenvalue weighted by Crippen LogP contribution is 2.63. The van der Waals surface area contributed by atoms with Crippen LogP contribution in [0.15, 0.2) is 285 Å². The normalized spacial score (nSPS) is 13.4. The Balaban J connectivity index is 1.09. The molecule has 0 fully saturated rings. The molecule has 0 radical (unpaired) electrons. The highest BCUT2D eigenvalue weighted by Gasteiger charge is 2.49. The minimum absolute atomic E-state index is 0.549. The van der Waals surface area contributed by atoms with Gasteiger partial charge >= 0.3 is 0 Å². The molecule has 0 aromatic heterocycles. The molecule has 0 heterocycles. The topological polar surface area (TPSA) is 3.24 Å². The predicted octanol–water partition coefficient (Wildman–Crippen LogP) is 17.2. The lowest BCUT2D eigenvalue weighted by Crippen LogP contribution is -2.28. The molecule has 11 aromatic rings. The van der Waals surface area contributed by atoms with Crippen molar-refractivity contribution in [2.45, 2.75) is 10.8 Å². The fourth-order valence-electron chi connectivity index (χ4n) is 12.0. The predicted molar refractivity (Wildman–Crippen MR) is 287 cm³/mol. The van der Waals surface area contributed by atoms with Crippen LogP contribution in [0.4, 0.5) is 17.1 Å². The van der Waals surface area contributed by atoms with Gasteiger partial charge in [-0.25, -0.2) is 0 Å². The van der Waals surface area contributed by atoms with Crippen molar-refractivity contribution in [1.29, 1.82) is 0 Å². The maximum Gasteiger partial charge on any atom is 0.0714 e. The van der Waals surface area contributed by atoms with Gasteiger partial charge in [0.1, 0.15) is 0 Å². The van der Waals surface area contributed by atoms with Crippen molar-refractivity contribution in [1.82, 2.24) is 0 Å². The summed E-state index contributed by atoms with van der Waals surface area (Å²) in [5.41, 5.74) is 22.1. The van der Waals surface area contributed by atoms with Crippen LogP contribution >= 0.6 is 0 Å². The van der Waals surface area contributed by atoms with E-state index in [9.17, 15) is 0 Å². The fourth-order valence-corrected chi connectivity index (χ4v) is 12.0. The molecule has 1 heteroatoms. The van der Waals surface area contributed by atoms with E-state index in [4.69, 9.17) is 0 Å². The number of rotatable bonds is 9. The van der Waals surface area contributed by atoms with Crippen molar-refractivity contribution in [2.75, 3.05) is 4.90 Å². The minimum atomic E-state index is -0.549. The molecule has 0 N–H and O–H groups in total. The van der Waals surface area contributed by atoms with Crippen LogP contribution in [0.25, 0.3) is 44.5 Å². The van der Waals surface area contributed by atoms with Gasteiger partial charge in [0.15, 0.2) is 0 Å². The molecule has 11 aromatic carbocycles. The zero-order chi connectivity index (χ0) is 45.8. The van der Waals surface area contributed by atoms with E-state index in [1.807, 2.05) is 0 Å². The third-order valence-corrected chi connectivity index (χ3v) is 14.9. The smallest absolute Gasteiger partial charge is 0.0714 e.